The number of nitrogens with one attached hydrogen (secondary N) is 1. The van der Waals surface area contributed by atoms with Crippen molar-refractivity contribution in [2.45, 2.75) is 178 Å². The van der Waals surface area contributed by atoms with Crippen LogP contribution in [0, 0.1) is 11.3 Å². The van der Waals surface area contributed by atoms with Gasteiger partial charge in [-0.05, 0) is 96.5 Å². The van der Waals surface area contributed by atoms with E-state index in [1.807, 2.05) is 29.0 Å². The van der Waals surface area contributed by atoms with Crippen molar-refractivity contribution in [3.8, 4) is 6.07 Å². The Kier molecular flexibility index (Phi) is 19.6. The zero-order valence-electron chi connectivity index (χ0n) is 50.6. The Hall–Kier alpha value is -4.03. The summed E-state index contributed by atoms with van der Waals surface area (Å²) in [5.41, 5.74) is 1.51. The maximum atomic E-state index is 14.2. The number of nitriles is 1. The number of aryl methyl sites for hydroxylation is 1. The van der Waals surface area contributed by atoms with Crippen molar-refractivity contribution >= 4 is 102 Å². The Bertz CT molecular complexity index is 3460. The van der Waals surface area contributed by atoms with Gasteiger partial charge in [-0.2, -0.15) is 5.26 Å². The van der Waals surface area contributed by atoms with Crippen LogP contribution < -0.4 is 15.8 Å². The van der Waals surface area contributed by atoms with E-state index >= 15 is 0 Å². The first-order chi connectivity index (χ1) is 39.8. The molecule has 4 aliphatic heterocycles. The highest BCUT2D eigenvalue weighted by atomic mass is 32.5. The average molecular weight is 1300 g/mol. The molecular weight excluding hydrogens is 1220 g/mol. The normalized spacial score (nSPS) is 27.1. The molecule has 2 bridgehead atoms. The number of carbonyl (C=O) groups is 2. The van der Waals surface area contributed by atoms with Crippen molar-refractivity contribution in [3.63, 3.8) is 0 Å². The Morgan fingerprint density at radius 3 is 2.20 bits per heavy atom. The number of benzene rings is 1. The van der Waals surface area contributed by atoms with Crippen molar-refractivity contribution in [1.29, 1.82) is 5.26 Å². The summed E-state index contributed by atoms with van der Waals surface area (Å²) in [5.74, 6) is 0.259. The number of anilines is 1. The number of fused-ring (bicyclic) bond motifs is 4. The van der Waals surface area contributed by atoms with Gasteiger partial charge >= 0.3 is 19.5 Å². The molecule has 10 atom stereocenters. The lowest BCUT2D eigenvalue weighted by Crippen LogP contribution is -2.50. The molecule has 4 aromatic heterocycles. The number of carbonyl (C=O) groups excluding carboxylic acids is 2. The van der Waals surface area contributed by atoms with Gasteiger partial charge in [0.05, 0.1) is 50.6 Å². The predicted octanol–water partition coefficient (Wildman–Crippen LogP) is 9.46. The third kappa shape index (κ3) is 14.5. The number of alkyl carbamates (subject to hydrolysis) is 1. The van der Waals surface area contributed by atoms with Crippen LogP contribution in [-0.2, 0) is 82.3 Å². The SMILES string of the molecule is CC(C)(C)[Si](C)(C)O[C@@H]1[C@@H]2OP(O)(=S)OC[C@H]3O[C@@H](n4cnc5c(=O)n(CCNC(=O)OCC[Si](C)(C)C)cnc54)[C@H](OP(=S)(OCCC#N)OC[C@H]2O[C@H]1n1cc2c4c(ncnc41)N(C(=O)c1ccccc1)CCC2)[C@@H]3O[Si](C)(C)C(C)(C)C. The van der Waals surface area contributed by atoms with Gasteiger partial charge < -0.3 is 51.4 Å². The van der Waals surface area contributed by atoms with Crippen molar-refractivity contribution in [2.75, 3.05) is 44.4 Å². The topological polar surface area (TPSA) is 269 Å². The van der Waals surface area contributed by atoms with Crippen LogP contribution in [-0.4, -0.2) is 151 Å². The fraction of sp³-hybridized carbons (Fsp3) is 0.630. The monoisotopic (exact) mass is 1300 g/mol. The van der Waals surface area contributed by atoms with E-state index in [-0.39, 0.29) is 66.5 Å². The van der Waals surface area contributed by atoms with Gasteiger partial charge in [-0.3, -0.25) is 32.7 Å². The number of imidazole rings is 1. The molecule has 31 heteroatoms. The van der Waals surface area contributed by atoms with Gasteiger partial charge in [-0.1, -0.05) is 79.4 Å². The zero-order valence-corrected chi connectivity index (χ0v) is 57.0. The van der Waals surface area contributed by atoms with E-state index in [0.29, 0.717) is 48.4 Å². The van der Waals surface area contributed by atoms with Crippen molar-refractivity contribution in [3.05, 3.63) is 77.0 Å². The molecule has 9 rings (SSSR count). The molecule has 0 radical (unpaired) electrons. The van der Waals surface area contributed by atoms with E-state index in [2.05, 4.69) is 109 Å². The van der Waals surface area contributed by atoms with Gasteiger partial charge in [0.2, 0.25) is 0 Å². The molecule has 8 heterocycles. The molecule has 0 aliphatic carbocycles. The van der Waals surface area contributed by atoms with E-state index < -0.39 is 98.9 Å². The molecule has 85 heavy (non-hydrogen) atoms. The molecular formula is C54H80N10O14P2S2Si3. The predicted molar refractivity (Wildman–Crippen MR) is 334 cm³/mol. The van der Waals surface area contributed by atoms with Gasteiger partial charge in [-0.25, -0.2) is 24.7 Å². The molecule has 3 fully saturated rings. The standard InChI is InChI=1S/C54H80N10O14P2S2Si3/c1-53(2,3)84(10,11)77-42-38-30-71-79(68,81)75-41-37(73-51(44(41)78-85(12,13)54(4,5)6)63-29-36-21-17-24-62(45-39(36)46(63)58-32-57-45)48(65)35-19-15-14-16-20-35)31-72-80(82,70-26-18-22-55)76-43(42)50(74-38)64-34-59-40-47(64)60-33-61(49(40)66)25-23-56-52(67)69-27-28-83(7,8)9/h14-16,19-20,29,32-34,37-38,41-44,50-51H,17-18,21,23-28,30-31H2,1-13H3,(H,56,67)(H,68,81)/t37-,38-,41-,42-,43-,44-,50-,51-,79?,80?/m1/s1. The smallest absolute Gasteiger partial charge is 0.407 e. The Labute approximate surface area is 509 Å². The Morgan fingerprint density at radius 1 is 0.835 bits per heavy atom. The first-order valence-corrected chi connectivity index (χ1v) is 43.3. The first kappa shape index (κ1) is 65.4. The van der Waals surface area contributed by atoms with Crippen LogP contribution in [0.2, 0.25) is 61.9 Å². The lowest BCUT2D eigenvalue weighted by atomic mass is 10.1. The molecule has 4 aliphatic rings. The van der Waals surface area contributed by atoms with E-state index in [1.165, 1.54) is 28.1 Å². The number of nitrogens with zero attached hydrogens (tertiary/aromatic N) is 9. The third-order valence-electron chi connectivity index (χ3n) is 16.6. The average Bonchev–Trinajstić information content (AvgIpc) is 1.74. The molecule has 2 amide bonds. The number of amides is 2. The molecule has 1 aromatic carbocycles. The summed E-state index contributed by atoms with van der Waals surface area (Å²) < 4.78 is 72.2. The summed E-state index contributed by atoms with van der Waals surface area (Å²) in [5, 5.41) is 12.5. The summed E-state index contributed by atoms with van der Waals surface area (Å²) in [6.07, 6.45) is -2.11. The second-order valence-electron chi connectivity index (χ2n) is 26.0. The minimum absolute atomic E-state index is 0.00682. The highest BCUT2D eigenvalue weighted by Gasteiger charge is 2.57. The van der Waals surface area contributed by atoms with E-state index in [0.717, 1.165) is 11.6 Å². The van der Waals surface area contributed by atoms with Gasteiger partial charge in [0, 0.05) is 39.5 Å². The molecule has 464 valence electrons. The molecule has 2 unspecified atom stereocenters. The largest absolute Gasteiger partial charge is 0.450 e. The number of hydrogen-bond donors (Lipinski definition) is 2. The quantitative estimate of drug-likeness (QED) is 0.0529. The summed E-state index contributed by atoms with van der Waals surface area (Å²) in [4.78, 5) is 73.7. The molecule has 5 aromatic rings. The van der Waals surface area contributed by atoms with Crippen LogP contribution >= 0.6 is 13.4 Å². The van der Waals surface area contributed by atoms with Gasteiger partial charge in [0.15, 0.2) is 40.3 Å². The van der Waals surface area contributed by atoms with Crippen molar-refractivity contribution < 1.29 is 60.2 Å². The fourth-order valence-corrected chi connectivity index (χ4v) is 16.7. The highest BCUT2D eigenvalue weighted by Crippen LogP contribution is 2.58. The van der Waals surface area contributed by atoms with Crippen molar-refractivity contribution in [2.24, 2.45) is 0 Å². The van der Waals surface area contributed by atoms with Gasteiger partial charge in [0.25, 0.3) is 11.5 Å². The second kappa shape index (κ2) is 25.5. The summed E-state index contributed by atoms with van der Waals surface area (Å²) in [7, 11) is -7.01. The zero-order chi connectivity index (χ0) is 61.7. The van der Waals surface area contributed by atoms with Crippen LogP contribution in [0.1, 0.15) is 82.8 Å². The van der Waals surface area contributed by atoms with E-state index in [1.54, 1.807) is 17.0 Å². The molecule has 0 saturated carbocycles. The van der Waals surface area contributed by atoms with E-state index in [4.69, 9.17) is 79.3 Å². The van der Waals surface area contributed by atoms with Crippen LogP contribution in [0.5, 0.6) is 0 Å². The van der Waals surface area contributed by atoms with Crippen LogP contribution in [0.4, 0.5) is 10.6 Å². The van der Waals surface area contributed by atoms with Crippen LogP contribution in [0.15, 0.2) is 60.3 Å². The molecule has 3 saturated heterocycles. The molecule has 0 spiro atoms. The lowest BCUT2D eigenvalue weighted by molar-refractivity contribution is -0.0619. The third-order valence-corrected chi connectivity index (χ3v) is 31.2. The Balaban J connectivity index is 1.10. The number of aromatic nitrogens is 7. The molecule has 24 nitrogen and oxygen atoms in total. The Morgan fingerprint density at radius 2 is 1.52 bits per heavy atom. The second-order valence-corrected chi connectivity index (χ2v) is 46.9. The minimum atomic E-state index is -4.34. The summed E-state index contributed by atoms with van der Waals surface area (Å²) in [6.45, 7) is 19.0. The summed E-state index contributed by atoms with van der Waals surface area (Å²) >= 11 is 12.4. The number of rotatable bonds is 16. The van der Waals surface area contributed by atoms with Gasteiger partial charge in [0.1, 0.15) is 60.7 Å². The van der Waals surface area contributed by atoms with Gasteiger partial charge in [-0.15, -0.1) is 0 Å². The van der Waals surface area contributed by atoms with E-state index in [9.17, 15) is 24.5 Å². The lowest BCUT2D eigenvalue weighted by Gasteiger charge is -2.41. The number of ether oxygens (including phenoxy) is 3. The summed E-state index contributed by atoms with van der Waals surface area (Å²) in [6, 6.07) is 12.0. The fourth-order valence-electron chi connectivity index (χ4n) is 9.91. The maximum Gasteiger partial charge on any atom is 0.407 e. The minimum Gasteiger partial charge on any atom is -0.450 e. The van der Waals surface area contributed by atoms with Crippen LogP contribution in [0.25, 0.3) is 22.2 Å². The molecule has 2 N–H and O–H groups in total. The maximum absolute atomic E-state index is 14.2. The first-order valence-electron chi connectivity index (χ1n) is 28.6. The number of hydrogen-bond acceptors (Lipinski definition) is 20. The van der Waals surface area contributed by atoms with Crippen molar-refractivity contribution in [1.82, 2.24) is 39.0 Å². The van der Waals surface area contributed by atoms with Crippen LogP contribution in [0.3, 0.4) is 0 Å². The highest BCUT2D eigenvalue weighted by molar-refractivity contribution is 8.07.